The van der Waals surface area contributed by atoms with Gasteiger partial charge in [0.05, 0.1) is 0 Å². The van der Waals surface area contributed by atoms with E-state index in [2.05, 4.69) is 39.9 Å². The Balaban J connectivity index is 0.000000765. The van der Waals surface area contributed by atoms with Crippen molar-refractivity contribution in [2.75, 3.05) is 6.61 Å². The predicted octanol–water partition coefficient (Wildman–Crippen LogP) is 25.9. The fourth-order valence-corrected chi connectivity index (χ4v) is 14.9. The number of carbonyl (C=O) groups excluding carboxylic acids is 2. The fourth-order valence-electron chi connectivity index (χ4n) is 11.0. The van der Waals surface area contributed by atoms with Gasteiger partial charge in [-0.05, 0) is 216 Å². The molecule has 8 aromatic heterocycles. The Hall–Kier alpha value is -8.31. The Kier molecular flexibility index (Phi) is 49.6. The normalized spacial score (nSPS) is 14.1. The first-order valence-electron chi connectivity index (χ1n) is 42.9. The number of aldehydes is 1. The second-order valence-electron chi connectivity index (χ2n) is 37.9. The van der Waals surface area contributed by atoms with Crippen LogP contribution < -0.4 is 0 Å². The summed E-state index contributed by atoms with van der Waals surface area (Å²) in [6, 6.07) is 42.4. The molecule has 16 nitrogen and oxygen atoms in total. The zero-order valence-electron chi connectivity index (χ0n) is 79.5. The van der Waals surface area contributed by atoms with Crippen LogP contribution in [0.5, 0.6) is 0 Å². The molecule has 0 amide bonds. The maximum atomic E-state index is 13.6. The summed E-state index contributed by atoms with van der Waals surface area (Å²) in [4.78, 5) is 53.3. The van der Waals surface area contributed by atoms with Crippen LogP contribution in [0.15, 0.2) is 195 Å². The molecule has 8 heterocycles. The average Bonchev–Trinajstić information content (AvgIpc) is 0.800. The Morgan fingerprint density at radius 3 is 0.962 bits per heavy atom. The van der Waals surface area contributed by atoms with Gasteiger partial charge in [0.15, 0.2) is 31.1 Å². The van der Waals surface area contributed by atoms with Gasteiger partial charge in [0.1, 0.15) is 30.7 Å². The van der Waals surface area contributed by atoms with Gasteiger partial charge in [-0.25, -0.2) is 0 Å². The van der Waals surface area contributed by atoms with Crippen molar-refractivity contribution in [3.8, 4) is 0 Å². The van der Waals surface area contributed by atoms with E-state index in [0.29, 0.717) is 40.6 Å². The van der Waals surface area contributed by atoms with E-state index in [0.717, 1.165) is 36.9 Å². The summed E-state index contributed by atoms with van der Waals surface area (Å²) in [5.41, 5.74) is 3.13. The standard InChI is InChI=1S/C17H28F3NOSi.C16H26F3NOSi.C15H24F3NOSi.C11H14F3NO.C11H12F3NO.C9H10F3NO.C8H11NO.C8H9NO/c1-15(2,3)23(6,7)22-14(17(18,19)20)12-16(4,5)13-10-8-9-11-21-13;1-12(13-9-7-8-10-20-13)11-14(16(17,18)19)21-22(5,6)15(2,3)4;1-14(2,3)21(4,5)20-13(15(16,17)18)10-9-12-8-6-7-11-19-12;2*1-10(2,7-9(16)11(12,13)14)8-5-3-4-6-15-8;10-9(11,12)8(14)5-4-7-3-1-2-6-13-7;2*10-7-3-5-8-4-1-2-6-9-8/h8-11,14H,12H2,1-7H3;7-10,12,14H,11H2,1-6H3;6-8,11,13H,9-10H2,1-5H3;3-6,9,16H,7H2,1-2H3;3-6H,7H2,1-2H3;1-3,6,8,14H,4-5H2;1-2,4,6,10H,3,5,7H2;1-2,4,6-7H,3,5H2. The van der Waals surface area contributed by atoms with Crippen LogP contribution in [0, 0.1) is 0 Å². The van der Waals surface area contributed by atoms with Crippen molar-refractivity contribution in [1.29, 1.82) is 0 Å². The summed E-state index contributed by atoms with van der Waals surface area (Å²) in [5, 5.41) is 25.4. The molecule has 6 atom stereocenters. The third-order valence-electron chi connectivity index (χ3n) is 22.1. The zero-order chi connectivity index (χ0) is 101. The van der Waals surface area contributed by atoms with Crippen molar-refractivity contribution in [1.82, 2.24) is 39.9 Å². The summed E-state index contributed by atoms with van der Waals surface area (Å²) < 4.78 is 246. The number of pyridine rings is 8. The Bertz CT molecular complexity index is 4440. The molecule has 8 rings (SSSR count). The lowest BCUT2D eigenvalue weighted by molar-refractivity contribution is -0.209. The number of aliphatic hydroxyl groups is 3. The van der Waals surface area contributed by atoms with E-state index in [9.17, 15) is 88.6 Å². The van der Waals surface area contributed by atoms with E-state index in [1.54, 1.807) is 189 Å². The third-order valence-corrected chi connectivity index (χ3v) is 35.5. The Morgan fingerprint density at radius 1 is 0.364 bits per heavy atom. The second kappa shape index (κ2) is 53.8. The first-order valence-corrected chi connectivity index (χ1v) is 51.6. The topological polar surface area (TPSA) is 226 Å². The number of hydrogen-bond acceptors (Lipinski definition) is 16. The van der Waals surface area contributed by atoms with Gasteiger partial charge in [-0.1, -0.05) is 159 Å². The van der Waals surface area contributed by atoms with Crippen LogP contribution in [0.2, 0.25) is 54.4 Å². The maximum Gasteiger partial charge on any atom is 0.450 e. The van der Waals surface area contributed by atoms with Gasteiger partial charge in [-0.2, -0.15) is 79.0 Å². The highest BCUT2D eigenvalue weighted by Crippen LogP contribution is 2.46. The molecule has 0 saturated carbocycles. The number of Topliss-reactive ketones (excluding diaryl/α,β-unsaturated/α-hetero) is 1. The summed E-state index contributed by atoms with van der Waals surface area (Å²) in [6.07, 6.45) is -21.3. The van der Waals surface area contributed by atoms with Gasteiger partial charge in [0, 0.05) is 137 Å². The lowest BCUT2D eigenvalue weighted by Crippen LogP contribution is -2.49. The third kappa shape index (κ3) is 47.7. The van der Waals surface area contributed by atoms with Gasteiger partial charge in [0.25, 0.3) is 0 Å². The number of halogens is 18. The molecule has 740 valence electrons. The molecule has 8 aromatic rings. The molecule has 0 fully saturated rings. The van der Waals surface area contributed by atoms with Crippen LogP contribution >= 0.6 is 0 Å². The minimum atomic E-state index is -4.77. The molecule has 37 heteroatoms. The largest absolute Gasteiger partial charge is 0.450 e. The van der Waals surface area contributed by atoms with Crippen molar-refractivity contribution in [2.45, 2.75) is 332 Å². The monoisotopic (exact) mass is 1940 g/mol. The van der Waals surface area contributed by atoms with Crippen LogP contribution in [-0.4, -0.2) is 166 Å². The number of rotatable bonds is 30. The lowest BCUT2D eigenvalue weighted by atomic mass is 9.83. The summed E-state index contributed by atoms with van der Waals surface area (Å²) >= 11 is 0. The lowest BCUT2D eigenvalue weighted by Gasteiger charge is -2.41. The number of aromatic nitrogens is 8. The molecule has 0 bridgehead atoms. The molecule has 132 heavy (non-hydrogen) atoms. The predicted molar refractivity (Wildman–Crippen MR) is 486 cm³/mol. The average molecular weight is 1940 g/mol. The molecular weight excluding hydrogens is 1810 g/mol. The van der Waals surface area contributed by atoms with Crippen molar-refractivity contribution >= 4 is 37.0 Å². The van der Waals surface area contributed by atoms with E-state index >= 15 is 0 Å². The zero-order valence-corrected chi connectivity index (χ0v) is 82.5. The van der Waals surface area contributed by atoms with Crippen LogP contribution in [0.4, 0.5) is 79.0 Å². The second-order valence-corrected chi connectivity index (χ2v) is 52.2. The van der Waals surface area contributed by atoms with Gasteiger partial charge in [-0.15, -0.1) is 0 Å². The van der Waals surface area contributed by atoms with E-state index < -0.39 is 127 Å². The number of aliphatic hydroxyl groups excluding tert-OH is 3. The molecule has 0 aliphatic carbocycles. The molecule has 3 N–H and O–H groups in total. The highest BCUT2D eigenvalue weighted by Gasteiger charge is 2.53. The number of ketones is 1. The number of hydrogen-bond donors (Lipinski definition) is 3. The first kappa shape index (κ1) is 122. The first-order chi connectivity index (χ1) is 60.3. The number of nitrogens with zero attached hydrogens (tertiary/aromatic N) is 8. The maximum absolute atomic E-state index is 13.6. The summed E-state index contributed by atoms with van der Waals surface area (Å²) in [7, 11) is -7.46. The van der Waals surface area contributed by atoms with Crippen LogP contribution in [0.3, 0.4) is 0 Å². The van der Waals surface area contributed by atoms with Crippen LogP contribution in [0.1, 0.15) is 214 Å². The van der Waals surface area contributed by atoms with Gasteiger partial charge in [0.2, 0.25) is 5.78 Å². The van der Waals surface area contributed by atoms with E-state index in [1.807, 2.05) is 138 Å². The highest BCUT2D eigenvalue weighted by atomic mass is 28.4. The van der Waals surface area contributed by atoms with E-state index in [4.69, 9.17) is 28.6 Å². The summed E-state index contributed by atoms with van der Waals surface area (Å²) in [5.74, 6) is -2.03. The van der Waals surface area contributed by atoms with Gasteiger partial charge >= 0.3 is 37.1 Å². The molecule has 6 unspecified atom stereocenters. The highest BCUT2D eigenvalue weighted by molar-refractivity contribution is 6.75. The molecule has 0 aliphatic rings. The molecule has 0 spiro atoms. The molecule has 0 aromatic carbocycles. The van der Waals surface area contributed by atoms with Crippen molar-refractivity contribution in [2.24, 2.45) is 0 Å². The van der Waals surface area contributed by atoms with Gasteiger partial charge in [-0.3, -0.25) is 44.7 Å². The molecular formula is C95H134F18N8O8Si3. The Morgan fingerprint density at radius 2 is 0.667 bits per heavy atom. The SMILES string of the molecule is CC(C)(C)[Si](C)(C)OC(CCc1ccccn1)C(F)(F)F.CC(C)(CC(=O)C(F)(F)F)c1ccccn1.CC(C)(CC(O)C(F)(F)F)c1ccccn1.CC(C)(CC(O[Si](C)(C)C(C)(C)C)C(F)(F)F)c1ccccn1.CC(CC(O[Si](C)(C)C(C)(C)C)C(F)(F)F)c1ccccn1.O=CCCc1ccccn1.OC(CCc1ccccn1)C(F)(F)F.OCCCc1ccccn1. The van der Waals surface area contributed by atoms with Crippen molar-refractivity contribution < 1.29 is 117 Å². The molecule has 0 aliphatic heterocycles. The molecule has 0 radical (unpaired) electrons. The van der Waals surface area contributed by atoms with Crippen LogP contribution in [0.25, 0.3) is 0 Å². The van der Waals surface area contributed by atoms with Crippen molar-refractivity contribution in [3.63, 3.8) is 0 Å². The summed E-state index contributed by atoms with van der Waals surface area (Å²) in [6.45, 7) is 40.5. The van der Waals surface area contributed by atoms with E-state index in [1.165, 1.54) is 18.6 Å². The van der Waals surface area contributed by atoms with Crippen LogP contribution in [-0.2, 0) is 64.8 Å². The quantitative estimate of drug-likeness (QED) is 0.0216. The smallest absolute Gasteiger partial charge is 0.405 e. The van der Waals surface area contributed by atoms with E-state index in [-0.39, 0.29) is 66.2 Å². The van der Waals surface area contributed by atoms with Crippen molar-refractivity contribution in [3.05, 3.63) is 241 Å². The minimum absolute atomic E-state index is 0.0903. The minimum Gasteiger partial charge on any atom is -0.405 e. The fraction of sp³-hybridized carbons (Fsp3) is 0.558. The van der Waals surface area contributed by atoms with Gasteiger partial charge < -0.3 is 33.4 Å². The Labute approximate surface area is 769 Å². The number of aryl methyl sites for hydroxylation is 4. The molecule has 0 saturated heterocycles. The number of carbonyl (C=O) groups is 2. The number of alkyl halides is 18.